The number of amides is 1. The summed E-state index contributed by atoms with van der Waals surface area (Å²) in [6.07, 6.45) is 7.13. The summed E-state index contributed by atoms with van der Waals surface area (Å²) >= 11 is 0. The molecular formula is C16H30N2O. The fourth-order valence-corrected chi connectivity index (χ4v) is 3.41. The Morgan fingerprint density at radius 1 is 1.05 bits per heavy atom. The zero-order valence-electron chi connectivity index (χ0n) is 12.7. The first-order valence-electron chi connectivity index (χ1n) is 8.17. The van der Waals surface area contributed by atoms with E-state index >= 15 is 0 Å². The van der Waals surface area contributed by atoms with Crippen LogP contribution in [0.25, 0.3) is 0 Å². The first-order chi connectivity index (χ1) is 9.16. The van der Waals surface area contributed by atoms with Crippen LogP contribution in [-0.4, -0.2) is 48.4 Å². The second-order valence-electron chi connectivity index (χ2n) is 6.61. The standard InChI is InChI=1S/C16H30N2O/c1-14(2)15-6-12-18(13-7-15)16(19)8-11-17-9-4-3-5-10-17/h14-15H,3-13H2,1-2H3. The van der Waals surface area contributed by atoms with Crippen LogP contribution in [0.15, 0.2) is 0 Å². The van der Waals surface area contributed by atoms with Gasteiger partial charge in [0.1, 0.15) is 0 Å². The highest BCUT2D eigenvalue weighted by Gasteiger charge is 2.24. The fourth-order valence-electron chi connectivity index (χ4n) is 3.41. The van der Waals surface area contributed by atoms with Gasteiger partial charge in [0.15, 0.2) is 0 Å². The topological polar surface area (TPSA) is 23.6 Å². The zero-order valence-corrected chi connectivity index (χ0v) is 12.7. The summed E-state index contributed by atoms with van der Waals surface area (Å²) in [7, 11) is 0. The summed E-state index contributed by atoms with van der Waals surface area (Å²) in [6.45, 7) is 9.95. The molecule has 3 nitrogen and oxygen atoms in total. The largest absolute Gasteiger partial charge is 0.343 e. The van der Waals surface area contributed by atoms with E-state index < -0.39 is 0 Å². The van der Waals surface area contributed by atoms with Crippen LogP contribution in [0.3, 0.4) is 0 Å². The van der Waals surface area contributed by atoms with E-state index in [2.05, 4.69) is 23.6 Å². The van der Waals surface area contributed by atoms with Gasteiger partial charge in [-0.25, -0.2) is 0 Å². The van der Waals surface area contributed by atoms with Crippen molar-refractivity contribution in [2.75, 3.05) is 32.7 Å². The summed E-state index contributed by atoms with van der Waals surface area (Å²) in [5.41, 5.74) is 0. The number of hydrogen-bond acceptors (Lipinski definition) is 2. The molecule has 0 bridgehead atoms. The van der Waals surface area contributed by atoms with Crippen LogP contribution < -0.4 is 0 Å². The van der Waals surface area contributed by atoms with Crippen LogP contribution in [0.2, 0.25) is 0 Å². The number of likely N-dealkylation sites (tertiary alicyclic amines) is 2. The number of carbonyl (C=O) groups is 1. The van der Waals surface area contributed by atoms with Crippen LogP contribution in [0, 0.1) is 11.8 Å². The van der Waals surface area contributed by atoms with Gasteiger partial charge < -0.3 is 9.80 Å². The Morgan fingerprint density at radius 2 is 1.68 bits per heavy atom. The molecule has 110 valence electrons. The molecule has 0 aliphatic carbocycles. The highest BCUT2D eigenvalue weighted by Crippen LogP contribution is 2.24. The summed E-state index contributed by atoms with van der Waals surface area (Å²) in [5.74, 6) is 1.98. The Morgan fingerprint density at radius 3 is 2.26 bits per heavy atom. The van der Waals surface area contributed by atoms with Gasteiger partial charge in [0.05, 0.1) is 0 Å². The van der Waals surface area contributed by atoms with Crippen LogP contribution in [0.5, 0.6) is 0 Å². The van der Waals surface area contributed by atoms with Crippen molar-refractivity contribution >= 4 is 5.91 Å². The lowest BCUT2D eigenvalue weighted by Crippen LogP contribution is -2.41. The molecule has 3 heteroatoms. The molecule has 0 spiro atoms. The Kier molecular flexibility index (Phi) is 5.68. The fraction of sp³-hybridized carbons (Fsp3) is 0.938. The number of hydrogen-bond donors (Lipinski definition) is 0. The third kappa shape index (κ3) is 4.48. The molecule has 0 aromatic heterocycles. The Labute approximate surface area is 118 Å². The Balaban J connectivity index is 1.66. The molecule has 0 aromatic carbocycles. The molecule has 0 unspecified atom stereocenters. The molecule has 1 amide bonds. The molecule has 0 aromatic rings. The van der Waals surface area contributed by atoms with Gasteiger partial charge in [-0.15, -0.1) is 0 Å². The van der Waals surface area contributed by atoms with Gasteiger partial charge in [-0.2, -0.15) is 0 Å². The molecule has 2 heterocycles. The molecule has 0 saturated carbocycles. The number of piperidine rings is 2. The minimum atomic E-state index is 0.382. The third-order valence-corrected chi connectivity index (χ3v) is 4.93. The summed E-state index contributed by atoms with van der Waals surface area (Å²) in [4.78, 5) is 16.8. The maximum Gasteiger partial charge on any atom is 0.223 e. The molecule has 0 atom stereocenters. The van der Waals surface area contributed by atoms with Gasteiger partial charge in [0.25, 0.3) is 0 Å². The van der Waals surface area contributed by atoms with Crippen molar-refractivity contribution in [2.24, 2.45) is 11.8 Å². The number of rotatable bonds is 4. The highest BCUT2D eigenvalue weighted by molar-refractivity contribution is 5.76. The van der Waals surface area contributed by atoms with Gasteiger partial charge in [0, 0.05) is 26.1 Å². The van der Waals surface area contributed by atoms with Gasteiger partial charge >= 0.3 is 0 Å². The minimum absolute atomic E-state index is 0.382. The van der Waals surface area contributed by atoms with E-state index in [1.54, 1.807) is 0 Å². The van der Waals surface area contributed by atoms with Crippen molar-refractivity contribution in [2.45, 2.75) is 52.4 Å². The minimum Gasteiger partial charge on any atom is -0.343 e. The predicted molar refractivity (Wildman–Crippen MR) is 79.1 cm³/mol. The van der Waals surface area contributed by atoms with Crippen LogP contribution in [0.4, 0.5) is 0 Å². The summed E-state index contributed by atoms with van der Waals surface area (Å²) in [6, 6.07) is 0. The normalized spacial score (nSPS) is 23.0. The predicted octanol–water partition coefficient (Wildman–Crippen LogP) is 2.76. The first kappa shape index (κ1) is 14.8. The molecule has 0 N–H and O–H groups in total. The Hall–Kier alpha value is -0.570. The Bertz CT molecular complexity index is 276. The number of carbonyl (C=O) groups excluding carboxylic acids is 1. The van der Waals surface area contributed by atoms with Crippen LogP contribution >= 0.6 is 0 Å². The molecule has 2 fully saturated rings. The lowest BCUT2D eigenvalue weighted by molar-refractivity contribution is -0.133. The van der Waals surface area contributed by atoms with Crippen molar-refractivity contribution in [3.8, 4) is 0 Å². The summed E-state index contributed by atoms with van der Waals surface area (Å²) in [5, 5.41) is 0. The van der Waals surface area contributed by atoms with E-state index in [1.165, 1.54) is 45.2 Å². The quantitative estimate of drug-likeness (QED) is 0.781. The molecule has 2 saturated heterocycles. The average molecular weight is 266 g/mol. The van der Waals surface area contributed by atoms with Gasteiger partial charge in [-0.3, -0.25) is 4.79 Å². The van der Waals surface area contributed by atoms with E-state index in [0.717, 1.165) is 37.9 Å². The third-order valence-electron chi connectivity index (χ3n) is 4.93. The smallest absolute Gasteiger partial charge is 0.223 e. The average Bonchev–Trinajstić information content (AvgIpc) is 2.46. The van der Waals surface area contributed by atoms with E-state index in [0.29, 0.717) is 5.91 Å². The van der Waals surface area contributed by atoms with Crippen molar-refractivity contribution in [1.82, 2.24) is 9.80 Å². The van der Waals surface area contributed by atoms with Crippen molar-refractivity contribution < 1.29 is 4.79 Å². The molecule has 2 aliphatic rings. The second-order valence-corrected chi connectivity index (χ2v) is 6.61. The number of nitrogens with zero attached hydrogens (tertiary/aromatic N) is 2. The monoisotopic (exact) mass is 266 g/mol. The zero-order chi connectivity index (χ0) is 13.7. The maximum atomic E-state index is 12.2. The second kappa shape index (κ2) is 7.28. The SMILES string of the molecule is CC(C)C1CCN(C(=O)CCN2CCCCC2)CC1. The van der Waals surface area contributed by atoms with Gasteiger partial charge in [-0.1, -0.05) is 20.3 Å². The van der Waals surface area contributed by atoms with E-state index in [4.69, 9.17) is 0 Å². The van der Waals surface area contributed by atoms with E-state index in [1.807, 2.05) is 0 Å². The van der Waals surface area contributed by atoms with E-state index in [9.17, 15) is 4.79 Å². The van der Waals surface area contributed by atoms with Crippen molar-refractivity contribution in [3.63, 3.8) is 0 Å². The maximum absolute atomic E-state index is 12.2. The molecular weight excluding hydrogens is 236 g/mol. The van der Waals surface area contributed by atoms with Crippen LogP contribution in [0.1, 0.15) is 52.4 Å². The summed E-state index contributed by atoms with van der Waals surface area (Å²) < 4.78 is 0. The van der Waals surface area contributed by atoms with Crippen molar-refractivity contribution in [3.05, 3.63) is 0 Å². The lowest BCUT2D eigenvalue weighted by atomic mass is 9.86. The molecule has 19 heavy (non-hydrogen) atoms. The van der Waals surface area contributed by atoms with E-state index in [-0.39, 0.29) is 0 Å². The highest BCUT2D eigenvalue weighted by atomic mass is 16.2. The molecule has 2 rings (SSSR count). The molecule has 0 radical (unpaired) electrons. The first-order valence-corrected chi connectivity index (χ1v) is 8.17. The lowest BCUT2D eigenvalue weighted by Gasteiger charge is -2.34. The van der Waals surface area contributed by atoms with Gasteiger partial charge in [-0.05, 0) is 50.6 Å². The molecule has 2 aliphatic heterocycles. The van der Waals surface area contributed by atoms with Crippen LogP contribution in [-0.2, 0) is 4.79 Å². The van der Waals surface area contributed by atoms with Gasteiger partial charge in [0.2, 0.25) is 5.91 Å². The van der Waals surface area contributed by atoms with Crippen molar-refractivity contribution in [1.29, 1.82) is 0 Å².